The molecule has 3 amide bonds. The van der Waals surface area contributed by atoms with Gasteiger partial charge in [0.25, 0.3) is 5.91 Å². The molecule has 3 aliphatic rings. The molecule has 35 heavy (non-hydrogen) atoms. The average molecular weight is 515 g/mol. The Morgan fingerprint density at radius 1 is 0.971 bits per heavy atom. The second kappa shape index (κ2) is 8.95. The number of alkyl halides is 2. The van der Waals surface area contributed by atoms with Crippen LogP contribution in [0.4, 0.5) is 11.4 Å². The fourth-order valence-electron chi connectivity index (χ4n) is 5.70. The molecule has 182 valence electrons. The molecule has 2 aromatic rings. The number of halogens is 2. The van der Waals surface area contributed by atoms with Gasteiger partial charge in [-0.15, -0.1) is 23.2 Å². The highest BCUT2D eigenvalue weighted by atomic mass is 35.5. The number of hydrogen-bond acceptors (Lipinski definition) is 5. The van der Waals surface area contributed by atoms with Crippen molar-refractivity contribution in [3.05, 3.63) is 59.2 Å². The van der Waals surface area contributed by atoms with Gasteiger partial charge >= 0.3 is 5.97 Å². The summed E-state index contributed by atoms with van der Waals surface area (Å²) in [5.74, 6) is -2.74. The maximum absolute atomic E-state index is 13.1. The van der Waals surface area contributed by atoms with Gasteiger partial charge in [0.05, 0.1) is 33.8 Å². The Kier molecular flexibility index (Phi) is 6.09. The van der Waals surface area contributed by atoms with Crippen LogP contribution in [0.15, 0.2) is 42.5 Å². The molecule has 1 aliphatic heterocycles. The Morgan fingerprint density at radius 2 is 1.57 bits per heavy atom. The third kappa shape index (κ3) is 4.00. The highest BCUT2D eigenvalue weighted by Gasteiger charge is 2.66. The molecule has 0 spiro atoms. The molecular formula is C26H24Cl2N2O5. The van der Waals surface area contributed by atoms with Crippen molar-refractivity contribution in [2.75, 3.05) is 16.8 Å². The number of carbonyl (C=O) groups excluding carboxylic acids is 4. The molecule has 1 heterocycles. The van der Waals surface area contributed by atoms with E-state index in [0.717, 1.165) is 11.1 Å². The predicted molar refractivity (Wildman–Crippen MR) is 132 cm³/mol. The number of carbonyl (C=O) groups is 4. The van der Waals surface area contributed by atoms with E-state index in [1.165, 1.54) is 29.2 Å². The zero-order valence-electron chi connectivity index (χ0n) is 19.2. The molecule has 1 N–H and O–H groups in total. The van der Waals surface area contributed by atoms with Gasteiger partial charge in [-0.2, -0.15) is 0 Å². The predicted octanol–water partition coefficient (Wildman–Crippen LogP) is 4.07. The summed E-state index contributed by atoms with van der Waals surface area (Å²) >= 11 is 12.8. The lowest BCUT2D eigenvalue weighted by Gasteiger charge is -2.28. The van der Waals surface area contributed by atoms with Crippen LogP contribution in [-0.4, -0.2) is 41.1 Å². The summed E-state index contributed by atoms with van der Waals surface area (Å²) in [5.41, 5.74) is 3.23. The van der Waals surface area contributed by atoms with Crippen molar-refractivity contribution in [2.24, 2.45) is 23.7 Å². The van der Waals surface area contributed by atoms with Crippen molar-refractivity contribution in [3.63, 3.8) is 0 Å². The van der Waals surface area contributed by atoms with E-state index in [4.69, 9.17) is 27.9 Å². The Morgan fingerprint density at radius 3 is 2.14 bits per heavy atom. The van der Waals surface area contributed by atoms with Crippen molar-refractivity contribution in [1.82, 2.24) is 0 Å². The SMILES string of the molecule is Cc1ccc(NC(=O)COC(=O)c2ccc(N3C(=O)[C@@H]4[C@H]5C[C@@H]([C@@H](Cl)[C@H]5Cl)[C@H]4C3=O)cc2)c(C)c1. The molecule has 3 fully saturated rings. The number of anilines is 2. The van der Waals surface area contributed by atoms with Gasteiger partial charge < -0.3 is 10.1 Å². The smallest absolute Gasteiger partial charge is 0.338 e. The average Bonchev–Trinajstić information content (AvgIpc) is 3.44. The lowest BCUT2D eigenvalue weighted by molar-refractivity contribution is -0.123. The first-order chi connectivity index (χ1) is 16.7. The molecular weight excluding hydrogens is 491 g/mol. The van der Waals surface area contributed by atoms with E-state index >= 15 is 0 Å². The first-order valence-electron chi connectivity index (χ1n) is 11.5. The molecule has 0 radical (unpaired) electrons. The maximum Gasteiger partial charge on any atom is 0.338 e. The Labute approximate surface area is 212 Å². The lowest BCUT2D eigenvalue weighted by atomic mass is 9.80. The minimum absolute atomic E-state index is 0.0975. The Bertz CT molecular complexity index is 1200. The summed E-state index contributed by atoms with van der Waals surface area (Å²) in [5, 5.41) is 2.09. The summed E-state index contributed by atoms with van der Waals surface area (Å²) in [6.07, 6.45) is 0.699. The maximum atomic E-state index is 13.1. The fraction of sp³-hybridized carbons (Fsp3) is 0.385. The molecule has 7 nitrogen and oxygen atoms in total. The number of imide groups is 1. The summed E-state index contributed by atoms with van der Waals surface area (Å²) in [7, 11) is 0. The number of fused-ring (bicyclic) bond motifs is 5. The fourth-order valence-corrected chi connectivity index (χ4v) is 6.60. The monoisotopic (exact) mass is 514 g/mol. The zero-order chi connectivity index (χ0) is 25.0. The van der Waals surface area contributed by atoms with Crippen LogP contribution in [0.25, 0.3) is 0 Å². The Hall–Kier alpha value is -2.90. The van der Waals surface area contributed by atoms with Crippen molar-refractivity contribution in [3.8, 4) is 0 Å². The van der Waals surface area contributed by atoms with Gasteiger partial charge in [0.15, 0.2) is 6.61 Å². The van der Waals surface area contributed by atoms with Crippen LogP contribution in [0.2, 0.25) is 0 Å². The summed E-state index contributed by atoms with van der Waals surface area (Å²) in [6.45, 7) is 3.40. The molecule has 2 bridgehead atoms. The van der Waals surface area contributed by atoms with Gasteiger partial charge in [-0.25, -0.2) is 4.79 Å². The van der Waals surface area contributed by atoms with E-state index in [-0.39, 0.29) is 40.0 Å². The van der Waals surface area contributed by atoms with Crippen molar-refractivity contribution in [1.29, 1.82) is 0 Å². The van der Waals surface area contributed by atoms with Gasteiger partial charge in [0, 0.05) is 5.69 Å². The molecule has 9 heteroatoms. The summed E-state index contributed by atoms with van der Waals surface area (Å²) in [6, 6.07) is 11.6. The highest BCUT2D eigenvalue weighted by Crippen LogP contribution is 2.59. The van der Waals surface area contributed by atoms with Crippen LogP contribution in [0, 0.1) is 37.5 Å². The van der Waals surface area contributed by atoms with Crippen molar-refractivity contribution in [2.45, 2.75) is 31.0 Å². The molecule has 2 aromatic carbocycles. The number of benzene rings is 2. The zero-order valence-corrected chi connectivity index (χ0v) is 20.7. The first-order valence-corrected chi connectivity index (χ1v) is 12.3. The number of hydrogen-bond donors (Lipinski definition) is 1. The van der Waals surface area contributed by atoms with Crippen LogP contribution >= 0.6 is 23.2 Å². The molecule has 6 atom stereocenters. The minimum Gasteiger partial charge on any atom is -0.452 e. The van der Waals surface area contributed by atoms with Gasteiger partial charge in [0.2, 0.25) is 11.8 Å². The number of rotatable bonds is 5. The van der Waals surface area contributed by atoms with Crippen LogP contribution in [0.5, 0.6) is 0 Å². The summed E-state index contributed by atoms with van der Waals surface area (Å²) in [4.78, 5) is 52.0. The second-order valence-corrected chi connectivity index (χ2v) is 10.5. The molecule has 0 unspecified atom stereocenters. The van der Waals surface area contributed by atoms with E-state index in [1.807, 2.05) is 26.0 Å². The van der Waals surface area contributed by atoms with Crippen LogP contribution in [0.3, 0.4) is 0 Å². The topological polar surface area (TPSA) is 92.8 Å². The molecule has 2 aliphatic carbocycles. The standard InChI is InChI=1S/C26H24Cl2N2O5/c1-12-3-8-18(13(2)9-12)29-19(31)11-35-26(34)14-4-6-15(7-5-14)30-24(32)20-16-10-17(21(20)25(30)33)23(28)22(16)27/h3-9,16-17,20-23H,10-11H2,1-2H3,(H,29,31)/t16-,17-,20-,21-,22-,23+/m1/s1. The largest absolute Gasteiger partial charge is 0.452 e. The number of ether oxygens (including phenoxy) is 1. The lowest BCUT2D eigenvalue weighted by Crippen LogP contribution is -2.37. The Balaban J connectivity index is 1.21. The number of nitrogens with one attached hydrogen (secondary N) is 1. The van der Waals surface area contributed by atoms with Crippen LogP contribution in [-0.2, 0) is 19.1 Å². The highest BCUT2D eigenvalue weighted by molar-refractivity contribution is 6.32. The van der Waals surface area contributed by atoms with E-state index in [1.54, 1.807) is 6.07 Å². The van der Waals surface area contributed by atoms with Crippen LogP contribution < -0.4 is 10.2 Å². The van der Waals surface area contributed by atoms with E-state index in [9.17, 15) is 19.2 Å². The normalized spacial score (nSPS) is 28.9. The number of esters is 1. The third-order valence-electron chi connectivity index (χ3n) is 7.34. The molecule has 1 saturated heterocycles. The third-order valence-corrected chi connectivity index (χ3v) is 8.66. The van der Waals surface area contributed by atoms with Crippen molar-refractivity contribution < 1.29 is 23.9 Å². The molecule has 5 rings (SSSR count). The van der Waals surface area contributed by atoms with E-state index < -0.39 is 30.3 Å². The van der Waals surface area contributed by atoms with Gasteiger partial charge in [-0.1, -0.05) is 17.7 Å². The van der Waals surface area contributed by atoms with Crippen molar-refractivity contribution >= 4 is 58.3 Å². The minimum atomic E-state index is -0.684. The van der Waals surface area contributed by atoms with Gasteiger partial charge in [0.1, 0.15) is 0 Å². The molecule has 0 aromatic heterocycles. The van der Waals surface area contributed by atoms with Gasteiger partial charge in [-0.05, 0) is 68.0 Å². The van der Waals surface area contributed by atoms with Gasteiger partial charge in [-0.3, -0.25) is 19.3 Å². The summed E-state index contributed by atoms with van der Waals surface area (Å²) < 4.78 is 5.13. The number of amides is 3. The first kappa shape index (κ1) is 23.8. The van der Waals surface area contributed by atoms with E-state index in [2.05, 4.69) is 5.32 Å². The number of nitrogens with zero attached hydrogens (tertiary/aromatic N) is 1. The number of aryl methyl sites for hydroxylation is 2. The quantitative estimate of drug-likeness (QED) is 0.368. The van der Waals surface area contributed by atoms with Crippen LogP contribution in [0.1, 0.15) is 27.9 Å². The second-order valence-electron chi connectivity index (χ2n) is 9.51. The molecule has 2 saturated carbocycles. The van der Waals surface area contributed by atoms with E-state index in [0.29, 0.717) is 17.8 Å².